The first kappa shape index (κ1) is 15.0. The van der Waals surface area contributed by atoms with Gasteiger partial charge in [-0.3, -0.25) is 4.90 Å². The highest BCUT2D eigenvalue weighted by Crippen LogP contribution is 2.35. The van der Waals surface area contributed by atoms with Gasteiger partial charge in [0.25, 0.3) is 0 Å². The molecule has 0 aliphatic carbocycles. The molecule has 2 aliphatic heterocycles. The quantitative estimate of drug-likeness (QED) is 0.859. The van der Waals surface area contributed by atoms with E-state index in [1.54, 1.807) is 12.1 Å². The van der Waals surface area contributed by atoms with Gasteiger partial charge in [0.1, 0.15) is 0 Å². The lowest BCUT2D eigenvalue weighted by molar-refractivity contribution is -0.0447. The second-order valence-electron chi connectivity index (χ2n) is 6.33. The zero-order chi connectivity index (χ0) is 14.9. The molecule has 2 aliphatic rings. The minimum Gasteiger partial charge on any atom is -0.375 e. The molecule has 0 radical (unpaired) electrons. The SMILES string of the molecule is CS(=O)(=O)c1ccc(CN2CCC3(CCCO3)CC2)cc1. The zero-order valence-corrected chi connectivity index (χ0v) is 13.4. The van der Waals surface area contributed by atoms with Crippen molar-refractivity contribution in [3.8, 4) is 0 Å². The molecule has 0 bridgehead atoms. The van der Waals surface area contributed by atoms with Crippen molar-refractivity contribution < 1.29 is 13.2 Å². The monoisotopic (exact) mass is 309 g/mol. The van der Waals surface area contributed by atoms with Crippen LogP contribution >= 0.6 is 0 Å². The van der Waals surface area contributed by atoms with Gasteiger partial charge in [-0.2, -0.15) is 0 Å². The van der Waals surface area contributed by atoms with Gasteiger partial charge in [0.2, 0.25) is 0 Å². The van der Waals surface area contributed by atoms with E-state index in [4.69, 9.17) is 4.74 Å². The van der Waals surface area contributed by atoms with Crippen molar-refractivity contribution in [2.75, 3.05) is 26.0 Å². The number of ether oxygens (including phenoxy) is 1. The molecule has 2 saturated heterocycles. The molecule has 1 aromatic carbocycles. The van der Waals surface area contributed by atoms with Crippen LogP contribution in [0.5, 0.6) is 0 Å². The molecule has 0 unspecified atom stereocenters. The standard InChI is InChI=1S/C16H23NO3S/c1-21(18,19)15-5-3-14(4-6-15)13-17-10-8-16(9-11-17)7-2-12-20-16/h3-6H,2,7-13H2,1H3. The van der Waals surface area contributed by atoms with Crippen LogP contribution in [0.2, 0.25) is 0 Å². The highest BCUT2D eigenvalue weighted by atomic mass is 32.2. The Kier molecular flexibility index (Phi) is 4.08. The van der Waals surface area contributed by atoms with Crippen LogP contribution in [0.15, 0.2) is 29.2 Å². The van der Waals surface area contributed by atoms with Crippen molar-refractivity contribution in [2.24, 2.45) is 0 Å². The molecular weight excluding hydrogens is 286 g/mol. The van der Waals surface area contributed by atoms with E-state index in [2.05, 4.69) is 4.90 Å². The van der Waals surface area contributed by atoms with Gasteiger partial charge in [-0.15, -0.1) is 0 Å². The Hall–Kier alpha value is -0.910. The minimum atomic E-state index is -3.10. The van der Waals surface area contributed by atoms with Gasteiger partial charge in [0.05, 0.1) is 10.5 Å². The number of sulfone groups is 1. The smallest absolute Gasteiger partial charge is 0.175 e. The van der Waals surface area contributed by atoms with Gasteiger partial charge in [-0.25, -0.2) is 8.42 Å². The van der Waals surface area contributed by atoms with Gasteiger partial charge in [0.15, 0.2) is 9.84 Å². The van der Waals surface area contributed by atoms with Crippen LogP contribution in [0.1, 0.15) is 31.2 Å². The van der Waals surface area contributed by atoms with E-state index in [-0.39, 0.29) is 5.60 Å². The van der Waals surface area contributed by atoms with E-state index < -0.39 is 9.84 Å². The van der Waals surface area contributed by atoms with Crippen LogP contribution in [0.3, 0.4) is 0 Å². The molecule has 21 heavy (non-hydrogen) atoms. The van der Waals surface area contributed by atoms with Gasteiger partial charge < -0.3 is 4.74 Å². The summed E-state index contributed by atoms with van der Waals surface area (Å²) in [5.74, 6) is 0. The number of nitrogens with zero attached hydrogens (tertiary/aromatic N) is 1. The molecule has 3 rings (SSSR count). The fraction of sp³-hybridized carbons (Fsp3) is 0.625. The van der Waals surface area contributed by atoms with Crippen molar-refractivity contribution in [3.63, 3.8) is 0 Å². The summed E-state index contributed by atoms with van der Waals surface area (Å²) in [6, 6.07) is 7.26. The Morgan fingerprint density at radius 1 is 1.14 bits per heavy atom. The molecular formula is C16H23NO3S. The molecule has 0 atom stereocenters. The Balaban J connectivity index is 1.58. The predicted molar refractivity (Wildman–Crippen MR) is 82.0 cm³/mol. The van der Waals surface area contributed by atoms with E-state index in [0.29, 0.717) is 4.90 Å². The summed E-state index contributed by atoms with van der Waals surface area (Å²) in [6.07, 6.45) is 5.90. The summed E-state index contributed by atoms with van der Waals surface area (Å²) in [5.41, 5.74) is 1.34. The molecule has 0 saturated carbocycles. The summed E-state index contributed by atoms with van der Waals surface area (Å²) in [6.45, 7) is 3.94. The average molecular weight is 309 g/mol. The van der Waals surface area contributed by atoms with Crippen molar-refractivity contribution in [2.45, 2.75) is 42.7 Å². The van der Waals surface area contributed by atoms with E-state index in [9.17, 15) is 8.42 Å². The Bertz CT molecular complexity index is 578. The van der Waals surface area contributed by atoms with Crippen molar-refractivity contribution in [1.82, 2.24) is 4.90 Å². The number of rotatable bonds is 3. The van der Waals surface area contributed by atoms with Gasteiger partial charge in [0, 0.05) is 32.5 Å². The summed E-state index contributed by atoms with van der Waals surface area (Å²) < 4.78 is 28.8. The first-order chi connectivity index (χ1) is 9.97. The zero-order valence-electron chi connectivity index (χ0n) is 12.5. The highest BCUT2D eigenvalue weighted by Gasteiger charge is 2.38. The van der Waals surface area contributed by atoms with Crippen LogP contribution < -0.4 is 0 Å². The summed E-state index contributed by atoms with van der Waals surface area (Å²) in [4.78, 5) is 2.82. The van der Waals surface area contributed by atoms with Crippen molar-refractivity contribution in [1.29, 1.82) is 0 Å². The maximum absolute atomic E-state index is 11.5. The third kappa shape index (κ3) is 3.47. The van der Waals surface area contributed by atoms with Crippen LogP contribution in [0.4, 0.5) is 0 Å². The van der Waals surface area contributed by atoms with E-state index in [0.717, 1.165) is 39.1 Å². The second-order valence-corrected chi connectivity index (χ2v) is 8.34. The van der Waals surface area contributed by atoms with E-state index in [1.807, 2.05) is 12.1 Å². The first-order valence-electron chi connectivity index (χ1n) is 7.62. The summed E-state index contributed by atoms with van der Waals surface area (Å²) in [5, 5.41) is 0. The van der Waals surface area contributed by atoms with Crippen molar-refractivity contribution in [3.05, 3.63) is 29.8 Å². The molecule has 1 spiro atoms. The molecule has 0 amide bonds. The van der Waals surface area contributed by atoms with Crippen LogP contribution in [-0.2, 0) is 21.1 Å². The summed E-state index contributed by atoms with van der Waals surface area (Å²) >= 11 is 0. The Labute approximate surface area is 127 Å². The van der Waals surface area contributed by atoms with Crippen LogP contribution in [-0.4, -0.2) is 44.9 Å². The Morgan fingerprint density at radius 2 is 1.81 bits per heavy atom. The van der Waals surface area contributed by atoms with E-state index >= 15 is 0 Å². The molecule has 4 nitrogen and oxygen atoms in total. The largest absolute Gasteiger partial charge is 0.375 e. The fourth-order valence-corrected chi connectivity index (χ4v) is 4.00. The summed E-state index contributed by atoms with van der Waals surface area (Å²) in [7, 11) is -3.10. The molecule has 116 valence electrons. The molecule has 0 N–H and O–H groups in total. The molecule has 5 heteroatoms. The van der Waals surface area contributed by atoms with Crippen LogP contribution in [0.25, 0.3) is 0 Å². The number of hydrogen-bond donors (Lipinski definition) is 0. The lowest BCUT2D eigenvalue weighted by Gasteiger charge is -2.38. The molecule has 0 aromatic heterocycles. The van der Waals surface area contributed by atoms with Crippen molar-refractivity contribution >= 4 is 9.84 Å². The van der Waals surface area contributed by atoms with Crippen LogP contribution in [0, 0.1) is 0 Å². The number of benzene rings is 1. The third-order valence-corrected chi connectivity index (χ3v) is 5.84. The first-order valence-corrected chi connectivity index (χ1v) is 9.51. The molecule has 2 fully saturated rings. The molecule has 1 aromatic rings. The second kappa shape index (κ2) is 5.71. The highest BCUT2D eigenvalue weighted by molar-refractivity contribution is 7.90. The van der Waals surface area contributed by atoms with Gasteiger partial charge >= 0.3 is 0 Å². The topological polar surface area (TPSA) is 46.6 Å². The lowest BCUT2D eigenvalue weighted by atomic mass is 9.88. The third-order valence-electron chi connectivity index (χ3n) is 4.71. The predicted octanol–water partition coefficient (Wildman–Crippen LogP) is 2.24. The minimum absolute atomic E-state index is 0.163. The maximum Gasteiger partial charge on any atom is 0.175 e. The van der Waals surface area contributed by atoms with E-state index in [1.165, 1.54) is 24.7 Å². The maximum atomic E-state index is 11.5. The normalized spacial score (nSPS) is 22.7. The van der Waals surface area contributed by atoms with Gasteiger partial charge in [-0.1, -0.05) is 12.1 Å². The number of likely N-dealkylation sites (tertiary alicyclic amines) is 1. The Morgan fingerprint density at radius 3 is 2.33 bits per heavy atom. The average Bonchev–Trinajstić information content (AvgIpc) is 2.90. The molecule has 2 heterocycles. The van der Waals surface area contributed by atoms with Gasteiger partial charge in [-0.05, 0) is 43.4 Å². The lowest BCUT2D eigenvalue weighted by Crippen LogP contribution is -2.43. The number of hydrogen-bond acceptors (Lipinski definition) is 4. The fourth-order valence-electron chi connectivity index (χ4n) is 3.37. The number of piperidine rings is 1.